The fraction of sp³-hybridized carbons (Fsp3) is 0.765. The zero-order valence-electron chi connectivity index (χ0n) is 15.0. The Morgan fingerprint density at radius 3 is 2.04 bits per heavy atom. The Labute approximate surface area is 147 Å². The molecule has 2 unspecified atom stereocenters. The SMILES string of the molecule is CCCCCCC1C2C(=O)N(C(C(=O)OCC)C(=O)OCC)C(=O)N12. The standard InChI is InChI=1S/C17H26N2O6/c1-4-7-8-9-10-11-12-14(20)19(17(23)18(11)12)13(15(21)24-5-2)16(22)25-6-3/h11-13H,4-10H2,1-3H3. The summed E-state index contributed by atoms with van der Waals surface area (Å²) in [4.78, 5) is 51.4. The van der Waals surface area contributed by atoms with Crippen molar-refractivity contribution in [3.63, 3.8) is 0 Å². The van der Waals surface area contributed by atoms with Crippen LogP contribution in [0.2, 0.25) is 0 Å². The quantitative estimate of drug-likeness (QED) is 0.194. The van der Waals surface area contributed by atoms with Crippen LogP contribution in [0.3, 0.4) is 0 Å². The predicted octanol–water partition coefficient (Wildman–Crippen LogP) is 1.47. The summed E-state index contributed by atoms with van der Waals surface area (Å²) in [7, 11) is 0. The van der Waals surface area contributed by atoms with E-state index in [2.05, 4.69) is 6.92 Å². The minimum atomic E-state index is -1.66. The van der Waals surface area contributed by atoms with Crippen molar-refractivity contribution in [2.75, 3.05) is 13.2 Å². The van der Waals surface area contributed by atoms with Crippen LogP contribution in [0.4, 0.5) is 4.79 Å². The molecule has 0 radical (unpaired) electrons. The zero-order chi connectivity index (χ0) is 18.6. The van der Waals surface area contributed by atoms with Gasteiger partial charge in [-0.1, -0.05) is 32.6 Å². The van der Waals surface area contributed by atoms with E-state index in [1.807, 2.05) is 0 Å². The van der Waals surface area contributed by atoms with Crippen LogP contribution in [0, 0.1) is 0 Å². The number of fused-ring (bicyclic) bond motifs is 1. The third-order valence-corrected chi connectivity index (χ3v) is 4.48. The number of amides is 3. The van der Waals surface area contributed by atoms with Crippen LogP contribution in [-0.2, 0) is 23.9 Å². The maximum absolute atomic E-state index is 12.6. The Bertz CT molecular complexity index is 509. The van der Waals surface area contributed by atoms with E-state index in [0.717, 1.165) is 32.1 Å². The molecule has 8 heteroatoms. The smallest absolute Gasteiger partial charge is 0.341 e. The Morgan fingerprint density at radius 1 is 1.00 bits per heavy atom. The highest BCUT2D eigenvalue weighted by atomic mass is 16.6. The molecule has 2 heterocycles. The molecule has 0 N–H and O–H groups in total. The Balaban J connectivity index is 2.04. The second-order valence-electron chi connectivity index (χ2n) is 6.17. The van der Waals surface area contributed by atoms with Gasteiger partial charge in [0, 0.05) is 0 Å². The van der Waals surface area contributed by atoms with E-state index >= 15 is 0 Å². The minimum absolute atomic E-state index is 0.0398. The van der Waals surface area contributed by atoms with Crippen molar-refractivity contribution >= 4 is 23.9 Å². The topological polar surface area (TPSA) is 93.0 Å². The molecule has 0 aromatic heterocycles. The molecule has 2 aliphatic rings. The van der Waals surface area contributed by atoms with Gasteiger partial charge in [-0.15, -0.1) is 0 Å². The Morgan fingerprint density at radius 2 is 1.60 bits per heavy atom. The fourth-order valence-corrected chi connectivity index (χ4v) is 3.25. The van der Waals surface area contributed by atoms with E-state index in [-0.39, 0.29) is 19.3 Å². The molecule has 25 heavy (non-hydrogen) atoms. The van der Waals surface area contributed by atoms with Crippen LogP contribution in [0.25, 0.3) is 0 Å². The lowest BCUT2D eigenvalue weighted by Gasteiger charge is -2.24. The highest BCUT2D eigenvalue weighted by Gasteiger charge is 2.67. The van der Waals surface area contributed by atoms with E-state index in [1.54, 1.807) is 13.8 Å². The van der Waals surface area contributed by atoms with Crippen LogP contribution in [0.1, 0.15) is 52.9 Å². The number of unbranched alkanes of at least 4 members (excludes halogenated alkanes) is 3. The van der Waals surface area contributed by atoms with Gasteiger partial charge in [-0.2, -0.15) is 0 Å². The Kier molecular flexibility index (Phi) is 6.39. The highest BCUT2D eigenvalue weighted by Crippen LogP contribution is 2.41. The molecule has 2 atom stereocenters. The van der Waals surface area contributed by atoms with E-state index < -0.39 is 36.0 Å². The number of nitrogens with zero attached hydrogens (tertiary/aromatic N) is 2. The molecule has 2 fully saturated rings. The predicted molar refractivity (Wildman–Crippen MR) is 87.5 cm³/mol. The van der Waals surface area contributed by atoms with Gasteiger partial charge in [0.2, 0.25) is 6.04 Å². The van der Waals surface area contributed by atoms with E-state index in [9.17, 15) is 19.2 Å². The molecule has 140 valence electrons. The lowest BCUT2D eigenvalue weighted by atomic mass is 10.1. The molecule has 2 aliphatic heterocycles. The van der Waals surface area contributed by atoms with Crippen molar-refractivity contribution in [1.82, 2.24) is 9.80 Å². The lowest BCUT2D eigenvalue weighted by molar-refractivity contribution is -0.164. The molecule has 0 bridgehead atoms. The average Bonchev–Trinajstić information content (AvgIpc) is 3.23. The molecular weight excluding hydrogens is 328 g/mol. The van der Waals surface area contributed by atoms with Crippen LogP contribution in [-0.4, -0.2) is 65.0 Å². The summed E-state index contributed by atoms with van der Waals surface area (Å²) >= 11 is 0. The molecular formula is C17H26N2O6. The molecule has 0 aromatic rings. The number of hydrogen-bond donors (Lipinski definition) is 0. The first kappa shape index (κ1) is 19.2. The van der Waals surface area contributed by atoms with Gasteiger partial charge in [0.15, 0.2) is 0 Å². The van der Waals surface area contributed by atoms with E-state index in [4.69, 9.17) is 9.47 Å². The van der Waals surface area contributed by atoms with Crippen molar-refractivity contribution in [3.05, 3.63) is 0 Å². The van der Waals surface area contributed by atoms with Crippen LogP contribution >= 0.6 is 0 Å². The summed E-state index contributed by atoms with van der Waals surface area (Å²) in [6.07, 6.45) is 5.02. The second kappa shape index (κ2) is 8.31. The molecule has 2 saturated heterocycles. The van der Waals surface area contributed by atoms with Gasteiger partial charge in [0.05, 0.1) is 19.3 Å². The number of hydrogen-bond acceptors (Lipinski definition) is 6. The van der Waals surface area contributed by atoms with E-state index in [0.29, 0.717) is 4.90 Å². The van der Waals surface area contributed by atoms with Gasteiger partial charge in [0.1, 0.15) is 6.04 Å². The number of rotatable bonds is 10. The number of ether oxygens (including phenoxy) is 2. The van der Waals surface area contributed by atoms with Gasteiger partial charge in [-0.3, -0.25) is 4.79 Å². The molecule has 2 rings (SSSR count). The first-order valence-electron chi connectivity index (χ1n) is 8.98. The lowest BCUT2D eigenvalue weighted by Crippen LogP contribution is -2.53. The highest BCUT2D eigenvalue weighted by molar-refractivity contribution is 6.15. The summed E-state index contributed by atoms with van der Waals surface area (Å²) in [6.45, 7) is 5.36. The van der Waals surface area contributed by atoms with Gasteiger partial charge in [-0.05, 0) is 20.3 Å². The van der Waals surface area contributed by atoms with Crippen molar-refractivity contribution in [2.24, 2.45) is 0 Å². The average molecular weight is 354 g/mol. The minimum Gasteiger partial charge on any atom is -0.464 e. The van der Waals surface area contributed by atoms with Crippen molar-refractivity contribution in [1.29, 1.82) is 0 Å². The maximum atomic E-state index is 12.6. The summed E-state index contributed by atoms with van der Waals surface area (Å²) in [5, 5.41) is 0. The number of carbonyl (C=O) groups excluding carboxylic acids is 4. The maximum Gasteiger partial charge on any atom is 0.341 e. The largest absolute Gasteiger partial charge is 0.464 e. The van der Waals surface area contributed by atoms with Crippen molar-refractivity contribution in [3.8, 4) is 0 Å². The summed E-state index contributed by atoms with van der Waals surface area (Å²) in [5.74, 6) is -2.40. The second-order valence-corrected chi connectivity index (χ2v) is 6.17. The fourth-order valence-electron chi connectivity index (χ4n) is 3.25. The third-order valence-electron chi connectivity index (χ3n) is 4.48. The third kappa shape index (κ3) is 3.77. The summed E-state index contributed by atoms with van der Waals surface area (Å²) in [6, 6.07) is -2.94. The summed E-state index contributed by atoms with van der Waals surface area (Å²) < 4.78 is 9.69. The van der Waals surface area contributed by atoms with Crippen molar-refractivity contribution in [2.45, 2.75) is 71.0 Å². The number of esters is 2. The number of urea groups is 1. The molecule has 0 spiro atoms. The van der Waals surface area contributed by atoms with Crippen molar-refractivity contribution < 1.29 is 28.7 Å². The zero-order valence-corrected chi connectivity index (χ0v) is 15.0. The van der Waals surface area contributed by atoms with Gasteiger partial charge < -0.3 is 14.4 Å². The molecule has 8 nitrogen and oxygen atoms in total. The van der Waals surface area contributed by atoms with Gasteiger partial charge >= 0.3 is 18.0 Å². The molecule has 3 amide bonds. The first-order valence-corrected chi connectivity index (χ1v) is 8.98. The van der Waals surface area contributed by atoms with Gasteiger partial charge in [0.25, 0.3) is 5.91 Å². The van der Waals surface area contributed by atoms with Crippen LogP contribution < -0.4 is 0 Å². The molecule has 0 aliphatic carbocycles. The number of imide groups is 1. The Hall–Kier alpha value is -2.12. The first-order chi connectivity index (χ1) is 12.0. The normalized spacial score (nSPS) is 21.6. The number of carbonyl (C=O) groups is 4. The van der Waals surface area contributed by atoms with Gasteiger partial charge in [-0.25, -0.2) is 19.3 Å². The van der Waals surface area contributed by atoms with Crippen LogP contribution in [0.5, 0.6) is 0 Å². The van der Waals surface area contributed by atoms with E-state index in [1.165, 1.54) is 4.90 Å². The molecule has 0 aromatic carbocycles. The monoisotopic (exact) mass is 354 g/mol. The summed E-state index contributed by atoms with van der Waals surface area (Å²) in [5.41, 5.74) is 0. The molecule has 0 saturated carbocycles. The van der Waals surface area contributed by atoms with Crippen LogP contribution in [0.15, 0.2) is 0 Å².